The zero-order valence-electron chi connectivity index (χ0n) is 10.8. The van der Waals surface area contributed by atoms with E-state index in [0.29, 0.717) is 19.4 Å². The second-order valence-corrected chi connectivity index (χ2v) is 5.32. The van der Waals surface area contributed by atoms with Crippen molar-refractivity contribution in [3.8, 4) is 0 Å². The number of hydrogen-bond acceptors (Lipinski definition) is 3. The highest BCUT2D eigenvalue weighted by Crippen LogP contribution is 2.27. The van der Waals surface area contributed by atoms with Crippen LogP contribution in [0.3, 0.4) is 0 Å². The third-order valence-corrected chi connectivity index (χ3v) is 3.80. The normalized spacial score (nSPS) is 29.3. The minimum absolute atomic E-state index is 0.0956. The van der Waals surface area contributed by atoms with Gasteiger partial charge in [-0.2, -0.15) is 0 Å². The van der Waals surface area contributed by atoms with E-state index in [2.05, 4.69) is 10.2 Å². The number of likely N-dealkylation sites (N-methyl/N-ethyl adjacent to an activating group) is 1. The SMILES string of the molecule is CN1CCNCC1CC(=O)N1CCCC(F)(F)C1. The molecule has 1 atom stereocenters. The Morgan fingerprint density at radius 1 is 1.44 bits per heavy atom. The van der Waals surface area contributed by atoms with Gasteiger partial charge in [-0.15, -0.1) is 0 Å². The quantitative estimate of drug-likeness (QED) is 0.788. The number of likely N-dealkylation sites (tertiary alicyclic amines) is 1. The Labute approximate surface area is 106 Å². The van der Waals surface area contributed by atoms with E-state index in [1.54, 1.807) is 0 Å². The molecular formula is C12H21F2N3O. The molecule has 0 bridgehead atoms. The van der Waals surface area contributed by atoms with Gasteiger partial charge in [0.1, 0.15) is 0 Å². The van der Waals surface area contributed by atoms with Crippen molar-refractivity contribution in [1.82, 2.24) is 15.1 Å². The number of piperazine rings is 1. The highest BCUT2D eigenvalue weighted by Gasteiger charge is 2.37. The lowest BCUT2D eigenvalue weighted by Crippen LogP contribution is -2.53. The number of nitrogens with one attached hydrogen (secondary N) is 1. The zero-order chi connectivity index (χ0) is 13.2. The van der Waals surface area contributed by atoms with Crippen molar-refractivity contribution in [2.45, 2.75) is 31.2 Å². The molecule has 0 aromatic rings. The molecule has 0 saturated carbocycles. The van der Waals surface area contributed by atoms with E-state index in [9.17, 15) is 13.6 Å². The average molecular weight is 261 g/mol. The Morgan fingerprint density at radius 3 is 2.89 bits per heavy atom. The van der Waals surface area contributed by atoms with Gasteiger partial charge in [-0.1, -0.05) is 0 Å². The van der Waals surface area contributed by atoms with Crippen LogP contribution in [0.1, 0.15) is 19.3 Å². The van der Waals surface area contributed by atoms with Gasteiger partial charge in [-0.3, -0.25) is 4.79 Å². The Kier molecular flexibility index (Phi) is 4.17. The van der Waals surface area contributed by atoms with Gasteiger partial charge in [0.2, 0.25) is 5.91 Å². The lowest BCUT2D eigenvalue weighted by Gasteiger charge is -2.36. The second kappa shape index (κ2) is 5.48. The lowest BCUT2D eigenvalue weighted by molar-refractivity contribution is -0.142. The van der Waals surface area contributed by atoms with Crippen molar-refractivity contribution < 1.29 is 13.6 Å². The van der Waals surface area contributed by atoms with E-state index >= 15 is 0 Å². The molecule has 2 aliphatic heterocycles. The van der Waals surface area contributed by atoms with Crippen molar-refractivity contribution in [2.24, 2.45) is 0 Å². The zero-order valence-corrected chi connectivity index (χ0v) is 10.8. The molecule has 0 spiro atoms. The number of halogens is 2. The fraction of sp³-hybridized carbons (Fsp3) is 0.917. The minimum Gasteiger partial charge on any atom is -0.337 e. The van der Waals surface area contributed by atoms with Crippen LogP contribution in [0.2, 0.25) is 0 Å². The van der Waals surface area contributed by atoms with E-state index in [-0.39, 0.29) is 18.4 Å². The van der Waals surface area contributed by atoms with Crippen LogP contribution in [-0.4, -0.2) is 67.4 Å². The summed E-state index contributed by atoms with van der Waals surface area (Å²) in [7, 11) is 1.98. The molecule has 2 rings (SSSR count). The lowest BCUT2D eigenvalue weighted by atomic mass is 10.0. The Bertz CT molecular complexity index is 312. The predicted octanol–water partition coefficient (Wildman–Crippen LogP) is 0.538. The number of carbonyl (C=O) groups excluding carboxylic acids is 1. The van der Waals surface area contributed by atoms with Crippen LogP contribution in [-0.2, 0) is 4.79 Å². The summed E-state index contributed by atoms with van der Waals surface area (Å²) in [6, 6.07) is 0.127. The number of amides is 1. The molecule has 6 heteroatoms. The van der Waals surface area contributed by atoms with E-state index in [0.717, 1.165) is 19.6 Å². The minimum atomic E-state index is -2.70. The van der Waals surface area contributed by atoms with Crippen molar-refractivity contribution in [1.29, 1.82) is 0 Å². The van der Waals surface area contributed by atoms with Crippen LogP contribution < -0.4 is 5.32 Å². The number of alkyl halides is 2. The summed E-state index contributed by atoms with van der Waals surface area (Å²) in [4.78, 5) is 15.5. The van der Waals surface area contributed by atoms with E-state index in [4.69, 9.17) is 0 Å². The molecule has 0 radical (unpaired) electrons. The summed E-state index contributed by atoms with van der Waals surface area (Å²) in [5.74, 6) is -2.85. The van der Waals surface area contributed by atoms with E-state index < -0.39 is 12.5 Å². The second-order valence-electron chi connectivity index (χ2n) is 5.32. The highest BCUT2D eigenvalue weighted by molar-refractivity contribution is 5.77. The van der Waals surface area contributed by atoms with Crippen LogP contribution >= 0.6 is 0 Å². The standard InChI is InChI=1S/C12H21F2N3O/c1-16-6-4-15-8-10(16)7-11(18)17-5-2-3-12(13,14)9-17/h10,15H,2-9H2,1H3. The van der Waals surface area contributed by atoms with Crippen LogP contribution in [0.25, 0.3) is 0 Å². The molecule has 2 fully saturated rings. The van der Waals surface area contributed by atoms with E-state index in [1.807, 2.05) is 7.05 Å². The fourth-order valence-corrected chi connectivity index (χ4v) is 2.60. The van der Waals surface area contributed by atoms with Gasteiger partial charge < -0.3 is 15.1 Å². The topological polar surface area (TPSA) is 35.6 Å². The third kappa shape index (κ3) is 3.38. The molecule has 0 aromatic carbocycles. The summed E-state index contributed by atoms with van der Waals surface area (Å²) in [5.41, 5.74) is 0. The maximum Gasteiger partial charge on any atom is 0.265 e. The first-order valence-electron chi connectivity index (χ1n) is 6.54. The number of hydrogen-bond donors (Lipinski definition) is 1. The molecule has 2 saturated heterocycles. The van der Waals surface area contributed by atoms with Gasteiger partial charge >= 0.3 is 0 Å². The molecule has 18 heavy (non-hydrogen) atoms. The number of carbonyl (C=O) groups is 1. The first-order chi connectivity index (χ1) is 8.48. The summed E-state index contributed by atoms with van der Waals surface area (Å²) in [5, 5.41) is 3.23. The molecule has 2 aliphatic rings. The monoisotopic (exact) mass is 261 g/mol. The summed E-state index contributed by atoms with van der Waals surface area (Å²) in [6.07, 6.45) is 0.638. The maximum atomic E-state index is 13.3. The van der Waals surface area contributed by atoms with Crippen molar-refractivity contribution in [3.63, 3.8) is 0 Å². The summed E-state index contributed by atoms with van der Waals surface area (Å²) >= 11 is 0. The molecular weight excluding hydrogens is 240 g/mol. The van der Waals surface area contributed by atoms with Crippen LogP contribution in [0.5, 0.6) is 0 Å². The maximum absolute atomic E-state index is 13.3. The largest absolute Gasteiger partial charge is 0.337 e. The first-order valence-corrected chi connectivity index (χ1v) is 6.54. The molecule has 104 valence electrons. The number of nitrogens with zero attached hydrogens (tertiary/aromatic N) is 2. The van der Waals surface area contributed by atoms with Crippen LogP contribution in [0.4, 0.5) is 8.78 Å². The fourth-order valence-electron chi connectivity index (χ4n) is 2.60. The molecule has 1 amide bonds. The van der Waals surface area contributed by atoms with Gasteiger partial charge in [-0.05, 0) is 13.5 Å². The smallest absolute Gasteiger partial charge is 0.265 e. The van der Waals surface area contributed by atoms with Crippen LogP contribution in [0, 0.1) is 0 Å². The van der Waals surface area contributed by atoms with Gasteiger partial charge in [0, 0.05) is 45.1 Å². The Balaban J connectivity index is 1.87. The van der Waals surface area contributed by atoms with Crippen LogP contribution in [0.15, 0.2) is 0 Å². The summed E-state index contributed by atoms with van der Waals surface area (Å²) in [6.45, 7) is 2.64. The highest BCUT2D eigenvalue weighted by atomic mass is 19.3. The molecule has 2 heterocycles. The van der Waals surface area contributed by atoms with Crippen molar-refractivity contribution in [3.05, 3.63) is 0 Å². The number of rotatable bonds is 2. The average Bonchev–Trinajstić information content (AvgIpc) is 2.31. The molecule has 1 N–H and O–H groups in total. The van der Waals surface area contributed by atoms with Crippen molar-refractivity contribution in [2.75, 3.05) is 39.8 Å². The number of piperidine rings is 1. The molecule has 0 aliphatic carbocycles. The molecule has 0 aromatic heterocycles. The Hall–Kier alpha value is -0.750. The predicted molar refractivity (Wildman–Crippen MR) is 64.7 cm³/mol. The molecule has 1 unspecified atom stereocenters. The third-order valence-electron chi connectivity index (χ3n) is 3.80. The Morgan fingerprint density at radius 2 is 2.22 bits per heavy atom. The van der Waals surface area contributed by atoms with Gasteiger partial charge in [0.25, 0.3) is 5.92 Å². The summed E-state index contributed by atoms with van der Waals surface area (Å²) < 4.78 is 26.5. The molecule has 4 nitrogen and oxygen atoms in total. The van der Waals surface area contributed by atoms with Gasteiger partial charge in [-0.25, -0.2) is 8.78 Å². The van der Waals surface area contributed by atoms with Gasteiger partial charge in [0.15, 0.2) is 0 Å². The van der Waals surface area contributed by atoms with Crippen molar-refractivity contribution >= 4 is 5.91 Å². The first kappa shape index (κ1) is 13.7. The van der Waals surface area contributed by atoms with Gasteiger partial charge in [0.05, 0.1) is 6.54 Å². The van der Waals surface area contributed by atoms with E-state index in [1.165, 1.54) is 4.90 Å².